The highest BCUT2D eigenvalue weighted by molar-refractivity contribution is 7.99. The standard InChI is InChI=1S/C18H18ClN5OS/c1-12-6-5-9-16(13(12)2)24-18(21-22-23-24)26-11-17(25)20-10-14-7-3-4-8-15(14)19/h3-9H,10-11H2,1-2H3,(H,20,25). The van der Waals surface area contributed by atoms with E-state index in [1.807, 2.05) is 50.2 Å². The van der Waals surface area contributed by atoms with Crippen LogP contribution in [0, 0.1) is 13.8 Å². The minimum absolute atomic E-state index is 0.106. The molecule has 0 bridgehead atoms. The Morgan fingerprint density at radius 1 is 1.19 bits per heavy atom. The maximum atomic E-state index is 12.1. The Bertz CT molecular complexity index is 927. The first-order valence-electron chi connectivity index (χ1n) is 8.04. The maximum absolute atomic E-state index is 12.1. The molecule has 6 nitrogen and oxygen atoms in total. The monoisotopic (exact) mass is 387 g/mol. The van der Waals surface area contributed by atoms with Crippen LogP contribution in [0.25, 0.3) is 5.69 Å². The second-order valence-electron chi connectivity index (χ2n) is 5.75. The average molecular weight is 388 g/mol. The lowest BCUT2D eigenvalue weighted by atomic mass is 10.1. The SMILES string of the molecule is Cc1cccc(-n2nnnc2SCC(=O)NCc2ccccc2Cl)c1C. The van der Waals surface area contributed by atoms with Crippen molar-refractivity contribution in [2.45, 2.75) is 25.5 Å². The molecule has 26 heavy (non-hydrogen) atoms. The zero-order chi connectivity index (χ0) is 18.5. The molecule has 0 radical (unpaired) electrons. The molecular weight excluding hydrogens is 370 g/mol. The van der Waals surface area contributed by atoms with Gasteiger partial charge in [-0.3, -0.25) is 4.79 Å². The molecule has 0 saturated heterocycles. The van der Waals surface area contributed by atoms with E-state index in [9.17, 15) is 4.79 Å². The van der Waals surface area contributed by atoms with Gasteiger partial charge in [-0.2, -0.15) is 4.68 Å². The molecule has 1 N–H and O–H groups in total. The number of carbonyl (C=O) groups is 1. The van der Waals surface area contributed by atoms with Crippen molar-refractivity contribution in [3.05, 3.63) is 64.2 Å². The molecule has 0 fully saturated rings. The van der Waals surface area contributed by atoms with E-state index in [0.717, 1.165) is 22.4 Å². The molecule has 0 atom stereocenters. The predicted octanol–water partition coefficient (Wildman–Crippen LogP) is 3.34. The van der Waals surface area contributed by atoms with Crippen molar-refractivity contribution in [1.29, 1.82) is 0 Å². The summed E-state index contributed by atoms with van der Waals surface area (Å²) in [6.07, 6.45) is 0. The summed E-state index contributed by atoms with van der Waals surface area (Å²) in [6, 6.07) is 13.4. The van der Waals surface area contributed by atoms with Crippen molar-refractivity contribution >= 4 is 29.3 Å². The van der Waals surface area contributed by atoms with Gasteiger partial charge >= 0.3 is 0 Å². The number of nitrogens with one attached hydrogen (secondary N) is 1. The van der Waals surface area contributed by atoms with E-state index in [1.54, 1.807) is 10.7 Å². The number of carbonyl (C=O) groups excluding carboxylic acids is 1. The summed E-state index contributed by atoms with van der Waals surface area (Å²) in [4.78, 5) is 12.1. The number of amides is 1. The molecule has 0 spiro atoms. The van der Waals surface area contributed by atoms with Crippen LogP contribution in [0.1, 0.15) is 16.7 Å². The zero-order valence-electron chi connectivity index (χ0n) is 14.4. The summed E-state index contributed by atoms with van der Waals surface area (Å²) in [5.41, 5.74) is 4.05. The third-order valence-electron chi connectivity index (χ3n) is 4.01. The average Bonchev–Trinajstić information content (AvgIpc) is 3.10. The largest absolute Gasteiger partial charge is 0.351 e. The molecule has 3 aromatic rings. The number of rotatable bonds is 6. The third-order valence-corrected chi connectivity index (χ3v) is 5.30. The zero-order valence-corrected chi connectivity index (χ0v) is 16.0. The molecule has 1 amide bonds. The molecule has 1 heterocycles. The Hall–Kier alpha value is -2.38. The minimum Gasteiger partial charge on any atom is -0.351 e. The Morgan fingerprint density at radius 2 is 2.00 bits per heavy atom. The molecule has 134 valence electrons. The highest BCUT2D eigenvalue weighted by atomic mass is 35.5. The van der Waals surface area contributed by atoms with Crippen LogP contribution in [0.5, 0.6) is 0 Å². The van der Waals surface area contributed by atoms with Crippen molar-refractivity contribution in [2.75, 3.05) is 5.75 Å². The van der Waals surface area contributed by atoms with Crippen LogP contribution in [-0.4, -0.2) is 31.9 Å². The van der Waals surface area contributed by atoms with Crippen LogP contribution in [0.2, 0.25) is 5.02 Å². The first kappa shape index (κ1) is 18.4. The van der Waals surface area contributed by atoms with Crippen LogP contribution >= 0.6 is 23.4 Å². The molecule has 2 aromatic carbocycles. The van der Waals surface area contributed by atoms with Gasteiger partial charge in [0.05, 0.1) is 11.4 Å². The molecule has 8 heteroatoms. The number of thioether (sulfide) groups is 1. The minimum atomic E-state index is -0.106. The Labute approximate surface area is 160 Å². The normalized spacial score (nSPS) is 10.7. The molecule has 0 aliphatic rings. The highest BCUT2D eigenvalue weighted by Crippen LogP contribution is 2.22. The van der Waals surface area contributed by atoms with E-state index in [-0.39, 0.29) is 11.7 Å². The summed E-state index contributed by atoms with van der Waals surface area (Å²) < 4.78 is 1.66. The molecule has 0 unspecified atom stereocenters. The highest BCUT2D eigenvalue weighted by Gasteiger charge is 2.14. The number of tetrazole rings is 1. The van der Waals surface area contributed by atoms with E-state index < -0.39 is 0 Å². The molecule has 3 rings (SSSR count). The first-order chi connectivity index (χ1) is 12.6. The number of hydrogen-bond acceptors (Lipinski definition) is 5. The van der Waals surface area contributed by atoms with E-state index in [1.165, 1.54) is 11.8 Å². The van der Waals surface area contributed by atoms with Gasteiger partial charge in [0.15, 0.2) is 0 Å². The van der Waals surface area contributed by atoms with Crippen molar-refractivity contribution in [3.63, 3.8) is 0 Å². The quantitative estimate of drug-likeness (QED) is 0.657. The van der Waals surface area contributed by atoms with Gasteiger partial charge in [-0.25, -0.2) is 0 Å². The lowest BCUT2D eigenvalue weighted by Gasteiger charge is -2.10. The van der Waals surface area contributed by atoms with Crippen molar-refractivity contribution in [2.24, 2.45) is 0 Å². The van der Waals surface area contributed by atoms with Crippen LogP contribution in [-0.2, 0) is 11.3 Å². The van der Waals surface area contributed by atoms with Gasteiger partial charge in [-0.1, -0.05) is 53.7 Å². The van der Waals surface area contributed by atoms with Crippen LogP contribution in [0.3, 0.4) is 0 Å². The van der Waals surface area contributed by atoms with Gasteiger partial charge in [0.1, 0.15) is 0 Å². The third kappa shape index (κ3) is 4.23. The maximum Gasteiger partial charge on any atom is 0.230 e. The number of halogens is 1. The van der Waals surface area contributed by atoms with E-state index >= 15 is 0 Å². The lowest BCUT2D eigenvalue weighted by Crippen LogP contribution is -2.24. The van der Waals surface area contributed by atoms with Gasteiger partial charge in [0, 0.05) is 11.6 Å². The summed E-state index contributed by atoms with van der Waals surface area (Å²) in [5, 5.41) is 15.9. The fourth-order valence-electron chi connectivity index (χ4n) is 2.40. The summed E-state index contributed by atoms with van der Waals surface area (Å²) >= 11 is 7.39. The Morgan fingerprint density at radius 3 is 2.81 bits per heavy atom. The summed E-state index contributed by atoms with van der Waals surface area (Å²) in [6.45, 7) is 4.45. The number of aryl methyl sites for hydroxylation is 1. The second kappa shape index (κ2) is 8.33. The summed E-state index contributed by atoms with van der Waals surface area (Å²) in [5.74, 6) is 0.112. The second-order valence-corrected chi connectivity index (χ2v) is 7.10. The number of benzene rings is 2. The number of nitrogens with zero attached hydrogens (tertiary/aromatic N) is 4. The van der Waals surface area contributed by atoms with Crippen LogP contribution < -0.4 is 5.32 Å². The predicted molar refractivity (Wildman–Crippen MR) is 103 cm³/mol. The number of hydrogen-bond donors (Lipinski definition) is 1. The van der Waals surface area contributed by atoms with Gasteiger partial charge < -0.3 is 5.32 Å². The van der Waals surface area contributed by atoms with Gasteiger partial charge in [-0.05, 0) is 53.1 Å². The summed E-state index contributed by atoms with van der Waals surface area (Å²) in [7, 11) is 0. The van der Waals surface area contributed by atoms with Crippen molar-refractivity contribution < 1.29 is 4.79 Å². The molecule has 0 aliphatic carbocycles. The Balaban J connectivity index is 1.62. The Kier molecular flexibility index (Phi) is 5.90. The van der Waals surface area contributed by atoms with Crippen molar-refractivity contribution in [3.8, 4) is 5.69 Å². The van der Waals surface area contributed by atoms with Gasteiger partial charge in [0.25, 0.3) is 0 Å². The van der Waals surface area contributed by atoms with E-state index in [4.69, 9.17) is 11.6 Å². The fourth-order valence-corrected chi connectivity index (χ4v) is 3.32. The van der Waals surface area contributed by atoms with Crippen LogP contribution in [0.15, 0.2) is 47.6 Å². The lowest BCUT2D eigenvalue weighted by molar-refractivity contribution is -0.118. The smallest absolute Gasteiger partial charge is 0.230 e. The van der Waals surface area contributed by atoms with Crippen LogP contribution in [0.4, 0.5) is 0 Å². The van der Waals surface area contributed by atoms with Crippen molar-refractivity contribution in [1.82, 2.24) is 25.5 Å². The fraction of sp³-hybridized carbons (Fsp3) is 0.222. The van der Waals surface area contributed by atoms with Gasteiger partial charge in [0.2, 0.25) is 11.1 Å². The molecule has 0 aliphatic heterocycles. The number of aromatic nitrogens is 4. The van der Waals surface area contributed by atoms with E-state index in [0.29, 0.717) is 16.7 Å². The first-order valence-corrected chi connectivity index (χ1v) is 9.40. The van der Waals surface area contributed by atoms with E-state index in [2.05, 4.69) is 20.8 Å². The molecule has 1 aromatic heterocycles. The topological polar surface area (TPSA) is 72.7 Å². The van der Waals surface area contributed by atoms with Gasteiger partial charge in [-0.15, -0.1) is 5.10 Å². The molecular formula is C18H18ClN5OS. The molecule has 0 saturated carbocycles.